The van der Waals surface area contributed by atoms with Crippen LogP contribution in [0, 0.1) is 0 Å². The lowest BCUT2D eigenvalue weighted by atomic mass is 10.2. The second-order valence-corrected chi connectivity index (χ2v) is 4.95. The quantitative estimate of drug-likeness (QED) is 0.910. The van der Waals surface area contributed by atoms with Crippen molar-refractivity contribution < 1.29 is 22.7 Å². The number of alkyl halides is 3. The summed E-state index contributed by atoms with van der Waals surface area (Å²) in [4.78, 5) is 23.7. The summed E-state index contributed by atoms with van der Waals surface area (Å²) < 4.78 is 43.9. The van der Waals surface area contributed by atoms with Crippen LogP contribution in [0.15, 0.2) is 47.4 Å². The Balaban J connectivity index is 2.03. The van der Waals surface area contributed by atoms with Gasteiger partial charge in [0.15, 0.2) is 0 Å². The number of ether oxygens (including phenoxy) is 1. The largest absolute Gasteiger partial charge is 0.497 e. The van der Waals surface area contributed by atoms with Crippen molar-refractivity contribution in [2.75, 3.05) is 12.4 Å². The normalized spacial score (nSPS) is 11.2. The lowest BCUT2D eigenvalue weighted by Crippen LogP contribution is -2.29. The Morgan fingerprint density at radius 2 is 2.00 bits per heavy atom. The van der Waals surface area contributed by atoms with Crippen molar-refractivity contribution in [3.63, 3.8) is 0 Å². The summed E-state index contributed by atoms with van der Waals surface area (Å²) in [6.45, 7) is -0.154. The van der Waals surface area contributed by atoms with Crippen LogP contribution < -0.4 is 15.6 Å². The number of methoxy groups -OCH3 is 1. The molecule has 0 saturated carbocycles. The maximum Gasteiger partial charge on any atom is 0.421 e. The molecule has 128 valence electrons. The predicted molar refractivity (Wildman–Crippen MR) is 81.9 cm³/mol. The Morgan fingerprint density at radius 3 is 2.67 bits per heavy atom. The molecule has 0 fully saturated rings. The summed E-state index contributed by atoms with van der Waals surface area (Å²) in [6.07, 6.45) is -3.64. The molecule has 24 heavy (non-hydrogen) atoms. The van der Waals surface area contributed by atoms with Crippen LogP contribution in [0.2, 0.25) is 0 Å². The van der Waals surface area contributed by atoms with Crippen LogP contribution in [0.4, 0.5) is 18.9 Å². The maximum absolute atomic E-state index is 12.7. The minimum atomic E-state index is -4.72. The van der Waals surface area contributed by atoms with Gasteiger partial charge in [0.25, 0.3) is 5.56 Å². The van der Waals surface area contributed by atoms with Crippen molar-refractivity contribution in [2.24, 2.45) is 0 Å². The molecule has 0 bridgehead atoms. The maximum atomic E-state index is 12.7. The first-order valence-corrected chi connectivity index (χ1v) is 7.02. The fourth-order valence-corrected chi connectivity index (χ4v) is 2.07. The Hall–Kier alpha value is -2.77. The summed E-state index contributed by atoms with van der Waals surface area (Å²) in [5, 5.41) is 2.59. The zero-order valence-corrected chi connectivity index (χ0v) is 12.8. The summed E-state index contributed by atoms with van der Waals surface area (Å²) in [5.74, 6) is 0.134. The number of rotatable bonds is 5. The molecule has 1 N–H and O–H groups in total. The van der Waals surface area contributed by atoms with E-state index in [1.54, 1.807) is 24.3 Å². The number of hydrogen-bond donors (Lipinski definition) is 1. The second-order valence-electron chi connectivity index (χ2n) is 4.95. The first kappa shape index (κ1) is 17.6. The van der Waals surface area contributed by atoms with Gasteiger partial charge in [-0.25, -0.2) is 0 Å². The molecule has 2 rings (SSSR count). The van der Waals surface area contributed by atoms with Gasteiger partial charge in [0.1, 0.15) is 11.3 Å². The topological polar surface area (TPSA) is 60.3 Å². The Kier molecular flexibility index (Phi) is 5.28. The van der Waals surface area contributed by atoms with Crippen molar-refractivity contribution in [3.8, 4) is 5.75 Å². The second kappa shape index (κ2) is 7.20. The molecule has 0 saturated heterocycles. The summed E-state index contributed by atoms with van der Waals surface area (Å²) in [5.41, 5.74) is -1.92. The molecule has 1 aromatic carbocycles. The average molecular weight is 340 g/mol. The van der Waals surface area contributed by atoms with E-state index >= 15 is 0 Å². The Morgan fingerprint density at radius 1 is 1.25 bits per heavy atom. The number of aromatic nitrogens is 1. The number of halogens is 3. The molecule has 1 amide bonds. The van der Waals surface area contributed by atoms with E-state index < -0.39 is 23.2 Å². The number of amides is 1. The first-order valence-electron chi connectivity index (χ1n) is 7.02. The average Bonchev–Trinajstić information content (AvgIpc) is 2.53. The van der Waals surface area contributed by atoms with Gasteiger partial charge in [-0.2, -0.15) is 13.2 Å². The molecule has 8 heteroatoms. The Bertz CT molecular complexity index is 785. The molecular weight excluding hydrogens is 325 g/mol. The number of hydrogen-bond acceptors (Lipinski definition) is 3. The van der Waals surface area contributed by atoms with E-state index in [1.807, 2.05) is 0 Å². The van der Waals surface area contributed by atoms with E-state index in [1.165, 1.54) is 13.3 Å². The van der Waals surface area contributed by atoms with Gasteiger partial charge in [0.2, 0.25) is 5.91 Å². The minimum absolute atomic E-state index is 0.140. The summed E-state index contributed by atoms with van der Waals surface area (Å²) >= 11 is 0. The van der Waals surface area contributed by atoms with E-state index in [0.29, 0.717) is 11.4 Å². The molecule has 0 atom stereocenters. The first-order chi connectivity index (χ1) is 11.3. The number of anilines is 1. The van der Waals surface area contributed by atoms with Crippen molar-refractivity contribution in [1.82, 2.24) is 4.57 Å². The van der Waals surface area contributed by atoms with Crippen LogP contribution in [-0.4, -0.2) is 17.6 Å². The zero-order valence-electron chi connectivity index (χ0n) is 12.8. The van der Waals surface area contributed by atoms with Gasteiger partial charge in [0.05, 0.1) is 7.11 Å². The van der Waals surface area contributed by atoms with Gasteiger partial charge in [-0.05, 0) is 24.3 Å². The van der Waals surface area contributed by atoms with Gasteiger partial charge < -0.3 is 14.6 Å². The third-order valence-corrected chi connectivity index (χ3v) is 3.26. The molecule has 2 aromatic rings. The van der Waals surface area contributed by atoms with E-state index in [9.17, 15) is 22.8 Å². The smallest absolute Gasteiger partial charge is 0.421 e. The highest BCUT2D eigenvalue weighted by atomic mass is 19.4. The molecular formula is C16H15F3N2O3. The molecule has 0 aliphatic heterocycles. The van der Waals surface area contributed by atoms with E-state index in [2.05, 4.69) is 5.32 Å². The van der Waals surface area contributed by atoms with E-state index in [4.69, 9.17) is 4.74 Å². The van der Waals surface area contributed by atoms with Crippen LogP contribution in [0.5, 0.6) is 5.75 Å². The van der Waals surface area contributed by atoms with Crippen molar-refractivity contribution >= 4 is 11.6 Å². The van der Waals surface area contributed by atoms with Crippen LogP contribution in [-0.2, 0) is 17.5 Å². The number of benzene rings is 1. The SMILES string of the molecule is COc1cccc(NC(=O)CCn2cccc(C(F)(F)F)c2=O)c1. The molecule has 0 unspecified atom stereocenters. The van der Waals surface area contributed by atoms with Crippen LogP contribution >= 0.6 is 0 Å². The van der Waals surface area contributed by atoms with Crippen molar-refractivity contribution in [3.05, 3.63) is 58.5 Å². The third kappa shape index (κ3) is 4.37. The minimum Gasteiger partial charge on any atom is -0.497 e. The number of nitrogens with zero attached hydrogens (tertiary/aromatic N) is 1. The van der Waals surface area contributed by atoms with Gasteiger partial charge in [-0.15, -0.1) is 0 Å². The molecule has 1 aromatic heterocycles. The van der Waals surface area contributed by atoms with Crippen LogP contribution in [0.3, 0.4) is 0 Å². The highest BCUT2D eigenvalue weighted by molar-refractivity contribution is 5.90. The fraction of sp³-hybridized carbons (Fsp3) is 0.250. The number of carbonyl (C=O) groups excluding carboxylic acids is 1. The summed E-state index contributed by atoms with van der Waals surface area (Å²) in [7, 11) is 1.49. The van der Waals surface area contributed by atoms with Gasteiger partial charge in [0, 0.05) is 30.9 Å². The third-order valence-electron chi connectivity index (χ3n) is 3.26. The summed E-state index contributed by atoms with van der Waals surface area (Å²) in [6, 6.07) is 8.49. The van der Waals surface area contributed by atoms with Gasteiger partial charge >= 0.3 is 6.18 Å². The monoisotopic (exact) mass is 340 g/mol. The van der Waals surface area contributed by atoms with Crippen LogP contribution in [0.25, 0.3) is 0 Å². The molecule has 5 nitrogen and oxygen atoms in total. The molecule has 0 spiro atoms. The molecule has 0 radical (unpaired) electrons. The van der Waals surface area contributed by atoms with Crippen molar-refractivity contribution in [1.29, 1.82) is 0 Å². The number of pyridine rings is 1. The van der Waals surface area contributed by atoms with E-state index in [0.717, 1.165) is 16.7 Å². The van der Waals surface area contributed by atoms with Crippen molar-refractivity contribution in [2.45, 2.75) is 19.1 Å². The predicted octanol–water partition coefficient (Wildman–Crippen LogP) is 2.90. The highest BCUT2D eigenvalue weighted by Gasteiger charge is 2.34. The highest BCUT2D eigenvalue weighted by Crippen LogP contribution is 2.26. The zero-order chi connectivity index (χ0) is 17.7. The molecule has 0 aliphatic rings. The molecule has 1 heterocycles. The Labute approximate surface area is 135 Å². The molecule has 0 aliphatic carbocycles. The van der Waals surface area contributed by atoms with Crippen LogP contribution in [0.1, 0.15) is 12.0 Å². The number of carbonyl (C=O) groups is 1. The lowest BCUT2D eigenvalue weighted by molar-refractivity contribution is -0.138. The lowest BCUT2D eigenvalue weighted by Gasteiger charge is -2.11. The van der Waals surface area contributed by atoms with E-state index in [-0.39, 0.29) is 13.0 Å². The van der Waals surface area contributed by atoms with Gasteiger partial charge in [-0.1, -0.05) is 6.07 Å². The fourth-order valence-electron chi connectivity index (χ4n) is 2.07. The standard InChI is InChI=1S/C16H15F3N2O3/c1-24-12-5-2-4-11(10-12)20-14(22)7-9-21-8-3-6-13(15(21)23)16(17,18)19/h2-6,8,10H,7,9H2,1H3,(H,20,22). The number of aryl methyl sites for hydroxylation is 1. The van der Waals surface area contributed by atoms with Gasteiger partial charge in [-0.3, -0.25) is 9.59 Å². The number of nitrogens with one attached hydrogen (secondary N) is 1.